The Kier molecular flexibility index (Phi) is 5.22. The van der Waals surface area contributed by atoms with Crippen molar-refractivity contribution < 1.29 is 32.6 Å². The number of aliphatic carboxylic acids is 1. The zero-order valence-electron chi connectivity index (χ0n) is 12.5. The van der Waals surface area contributed by atoms with Gasteiger partial charge in [0.1, 0.15) is 11.8 Å². The van der Waals surface area contributed by atoms with Crippen LogP contribution in [0.25, 0.3) is 0 Å². The Hall–Kier alpha value is -2.13. The molecule has 1 aromatic carbocycles. The number of carbonyl (C=O) groups is 2. The van der Waals surface area contributed by atoms with Crippen molar-refractivity contribution in [2.24, 2.45) is 0 Å². The summed E-state index contributed by atoms with van der Waals surface area (Å²) in [5.41, 5.74) is 0. The summed E-state index contributed by atoms with van der Waals surface area (Å²) in [6.07, 6.45) is 0.811. The van der Waals surface area contributed by atoms with Gasteiger partial charge in [-0.25, -0.2) is 13.2 Å². The quantitative estimate of drug-likeness (QED) is 0.748. The fourth-order valence-corrected chi connectivity index (χ4v) is 3.97. The molecule has 0 amide bonds. The minimum atomic E-state index is -3.88. The lowest BCUT2D eigenvalue weighted by molar-refractivity contribution is -0.143. The number of benzene rings is 1. The highest BCUT2D eigenvalue weighted by atomic mass is 32.2. The summed E-state index contributed by atoms with van der Waals surface area (Å²) in [4.78, 5) is 22.1. The van der Waals surface area contributed by atoms with Crippen LogP contribution in [0.4, 0.5) is 0 Å². The Labute approximate surface area is 133 Å². The van der Waals surface area contributed by atoms with Crippen LogP contribution < -0.4 is 4.74 Å². The molecule has 2 rings (SSSR count). The molecule has 1 aliphatic heterocycles. The molecule has 1 atom stereocenters. The molecule has 1 fully saturated rings. The Bertz CT molecular complexity index is 684. The topological polar surface area (TPSA) is 110 Å². The zero-order chi connectivity index (χ0) is 17.0. The van der Waals surface area contributed by atoms with Gasteiger partial charge in [0, 0.05) is 6.54 Å². The van der Waals surface area contributed by atoms with Crippen LogP contribution in [-0.4, -0.2) is 56.1 Å². The summed E-state index contributed by atoms with van der Waals surface area (Å²) in [5.74, 6) is -1.39. The zero-order valence-corrected chi connectivity index (χ0v) is 13.3. The normalized spacial score (nSPS) is 18.6. The minimum absolute atomic E-state index is 0.0175. The van der Waals surface area contributed by atoms with Gasteiger partial charge in [0.2, 0.25) is 10.0 Å². The van der Waals surface area contributed by atoms with Gasteiger partial charge in [0.05, 0.1) is 12.0 Å². The van der Waals surface area contributed by atoms with Gasteiger partial charge in [0.25, 0.3) is 0 Å². The van der Waals surface area contributed by atoms with Crippen molar-refractivity contribution >= 4 is 22.0 Å². The van der Waals surface area contributed by atoms with E-state index in [9.17, 15) is 18.0 Å². The number of hydrogen-bond acceptors (Lipinski definition) is 6. The van der Waals surface area contributed by atoms with Gasteiger partial charge in [0.15, 0.2) is 6.61 Å². The number of hydrogen-bond donors (Lipinski definition) is 1. The molecule has 0 unspecified atom stereocenters. The first kappa shape index (κ1) is 17.2. The second-order valence-electron chi connectivity index (χ2n) is 4.95. The number of carboxylic acid groups (broad SMARTS) is 1. The van der Waals surface area contributed by atoms with E-state index in [1.165, 1.54) is 31.4 Å². The third-order valence-electron chi connectivity index (χ3n) is 3.50. The summed E-state index contributed by atoms with van der Waals surface area (Å²) in [6.45, 7) is -0.101. The predicted molar refractivity (Wildman–Crippen MR) is 78.5 cm³/mol. The number of nitrogens with zero attached hydrogens (tertiary/aromatic N) is 1. The Morgan fingerprint density at radius 1 is 1.30 bits per heavy atom. The SMILES string of the molecule is COC(=O)COc1ccc(S(=O)(=O)N2CCC[C@@H]2C(=O)O)cc1. The number of esters is 1. The third-order valence-corrected chi connectivity index (χ3v) is 5.43. The largest absolute Gasteiger partial charge is 0.482 e. The number of carbonyl (C=O) groups excluding carboxylic acids is 1. The lowest BCUT2D eigenvalue weighted by Gasteiger charge is -2.21. The van der Waals surface area contributed by atoms with E-state index in [1.54, 1.807) is 0 Å². The number of carboxylic acids is 1. The first-order chi connectivity index (χ1) is 10.9. The van der Waals surface area contributed by atoms with Gasteiger partial charge >= 0.3 is 11.9 Å². The second kappa shape index (κ2) is 6.97. The van der Waals surface area contributed by atoms with E-state index >= 15 is 0 Å². The van der Waals surface area contributed by atoms with E-state index in [0.29, 0.717) is 18.6 Å². The lowest BCUT2D eigenvalue weighted by Crippen LogP contribution is -2.40. The highest BCUT2D eigenvalue weighted by Gasteiger charge is 2.39. The first-order valence-corrected chi connectivity index (χ1v) is 8.34. The molecule has 0 bridgehead atoms. The molecule has 1 heterocycles. The van der Waals surface area contributed by atoms with Crippen LogP contribution in [0.2, 0.25) is 0 Å². The molecule has 0 aromatic heterocycles. The maximum Gasteiger partial charge on any atom is 0.343 e. The van der Waals surface area contributed by atoms with Crippen molar-refractivity contribution in [3.05, 3.63) is 24.3 Å². The van der Waals surface area contributed by atoms with E-state index in [0.717, 1.165) is 4.31 Å². The van der Waals surface area contributed by atoms with E-state index in [2.05, 4.69) is 4.74 Å². The molecular formula is C14H17NO7S. The highest BCUT2D eigenvalue weighted by Crippen LogP contribution is 2.27. The van der Waals surface area contributed by atoms with Crippen molar-refractivity contribution in [3.63, 3.8) is 0 Å². The predicted octanol–water partition coefficient (Wildman–Crippen LogP) is 0.476. The van der Waals surface area contributed by atoms with Crippen molar-refractivity contribution in [1.82, 2.24) is 4.31 Å². The molecule has 1 N–H and O–H groups in total. The smallest absolute Gasteiger partial charge is 0.343 e. The highest BCUT2D eigenvalue weighted by molar-refractivity contribution is 7.89. The van der Waals surface area contributed by atoms with Crippen molar-refractivity contribution in [2.45, 2.75) is 23.8 Å². The van der Waals surface area contributed by atoms with Crippen LogP contribution in [0.15, 0.2) is 29.2 Å². The molecule has 126 valence electrons. The fourth-order valence-electron chi connectivity index (χ4n) is 2.32. The van der Waals surface area contributed by atoms with E-state index in [4.69, 9.17) is 9.84 Å². The molecule has 9 heteroatoms. The Balaban J connectivity index is 2.14. The molecule has 1 aliphatic rings. The summed E-state index contributed by atoms with van der Waals surface area (Å²) >= 11 is 0. The summed E-state index contributed by atoms with van der Waals surface area (Å²) in [6, 6.07) is 4.41. The minimum Gasteiger partial charge on any atom is -0.482 e. The van der Waals surface area contributed by atoms with Crippen molar-refractivity contribution in [3.8, 4) is 5.75 Å². The van der Waals surface area contributed by atoms with Crippen LogP contribution in [0, 0.1) is 0 Å². The van der Waals surface area contributed by atoms with Gasteiger partial charge in [-0.2, -0.15) is 4.31 Å². The van der Waals surface area contributed by atoms with Gasteiger partial charge in [-0.15, -0.1) is 0 Å². The first-order valence-electron chi connectivity index (χ1n) is 6.90. The van der Waals surface area contributed by atoms with Crippen molar-refractivity contribution in [1.29, 1.82) is 0 Å². The monoisotopic (exact) mass is 343 g/mol. The fraction of sp³-hybridized carbons (Fsp3) is 0.429. The molecule has 0 spiro atoms. The van der Waals surface area contributed by atoms with E-state index in [1.807, 2.05) is 0 Å². The number of methoxy groups -OCH3 is 1. The van der Waals surface area contributed by atoms with Gasteiger partial charge in [-0.3, -0.25) is 4.79 Å². The van der Waals surface area contributed by atoms with Gasteiger partial charge in [-0.1, -0.05) is 0 Å². The Morgan fingerprint density at radius 2 is 1.96 bits per heavy atom. The molecule has 1 aromatic rings. The van der Waals surface area contributed by atoms with Crippen molar-refractivity contribution in [2.75, 3.05) is 20.3 Å². The average molecular weight is 343 g/mol. The van der Waals surface area contributed by atoms with E-state index in [-0.39, 0.29) is 18.0 Å². The van der Waals surface area contributed by atoms with Gasteiger partial charge in [-0.05, 0) is 37.1 Å². The van der Waals surface area contributed by atoms with Crippen LogP contribution in [0.3, 0.4) is 0 Å². The number of rotatable bonds is 6. The van der Waals surface area contributed by atoms with Crippen LogP contribution in [0.1, 0.15) is 12.8 Å². The molecule has 8 nitrogen and oxygen atoms in total. The maximum atomic E-state index is 12.5. The maximum absolute atomic E-state index is 12.5. The second-order valence-corrected chi connectivity index (χ2v) is 6.84. The molecule has 0 aliphatic carbocycles. The molecule has 0 saturated carbocycles. The van der Waals surface area contributed by atoms with Crippen LogP contribution in [-0.2, 0) is 24.3 Å². The lowest BCUT2D eigenvalue weighted by atomic mass is 10.2. The third kappa shape index (κ3) is 3.80. The molecule has 1 saturated heterocycles. The average Bonchev–Trinajstić information content (AvgIpc) is 3.03. The molecule has 0 radical (unpaired) electrons. The summed E-state index contributed by atoms with van der Waals surface area (Å²) in [7, 11) is -2.65. The number of ether oxygens (including phenoxy) is 2. The van der Waals surface area contributed by atoms with Gasteiger partial charge < -0.3 is 14.6 Å². The van der Waals surface area contributed by atoms with Crippen LogP contribution >= 0.6 is 0 Å². The Morgan fingerprint density at radius 3 is 2.52 bits per heavy atom. The molecular weight excluding hydrogens is 326 g/mol. The standard InChI is InChI=1S/C14H17NO7S/c1-21-13(16)9-22-10-4-6-11(7-5-10)23(19,20)15-8-2-3-12(15)14(17)18/h4-7,12H,2-3,8-9H2,1H3,(H,17,18)/t12-/m1/s1. The number of sulfonamides is 1. The van der Waals surface area contributed by atoms with Crippen LogP contribution in [0.5, 0.6) is 5.75 Å². The van der Waals surface area contributed by atoms with E-state index < -0.39 is 28.0 Å². The molecule has 23 heavy (non-hydrogen) atoms. The summed E-state index contributed by atoms with van der Waals surface area (Å²) in [5, 5.41) is 9.11. The summed E-state index contributed by atoms with van der Waals surface area (Å²) < 4.78 is 35.6.